The third kappa shape index (κ3) is 4.99. The molecule has 1 atom stereocenters. The lowest BCUT2D eigenvalue weighted by molar-refractivity contribution is -0.690. The topological polar surface area (TPSA) is 62.1 Å². The predicted molar refractivity (Wildman–Crippen MR) is 77.2 cm³/mol. The number of urea groups is 1. The van der Waals surface area contributed by atoms with Crippen LogP contribution in [0.25, 0.3) is 0 Å². The fraction of sp³-hybridized carbons (Fsp3) is 0.533. The molecular formula is C15H24N3O2+. The molecule has 0 bridgehead atoms. The van der Waals surface area contributed by atoms with E-state index in [1.54, 1.807) is 0 Å². The maximum atomic E-state index is 11.9. The molecule has 0 aromatic carbocycles. The molecule has 3 amide bonds. The van der Waals surface area contributed by atoms with Gasteiger partial charge in [0, 0.05) is 24.6 Å². The second-order valence-corrected chi connectivity index (χ2v) is 4.99. The molecule has 0 aliphatic carbocycles. The fourth-order valence-electron chi connectivity index (χ4n) is 1.73. The Morgan fingerprint density at radius 1 is 1.30 bits per heavy atom. The number of pyridine rings is 1. The Balaban J connectivity index is 2.60. The van der Waals surface area contributed by atoms with Crippen molar-refractivity contribution in [2.45, 2.75) is 53.1 Å². The van der Waals surface area contributed by atoms with Crippen molar-refractivity contribution < 1.29 is 14.2 Å². The molecule has 1 rings (SSSR count). The average Bonchev–Trinajstić information content (AvgIpc) is 2.40. The molecule has 0 unspecified atom stereocenters. The quantitative estimate of drug-likeness (QED) is 0.801. The Hall–Kier alpha value is -1.91. The summed E-state index contributed by atoms with van der Waals surface area (Å²) in [6.45, 7) is 8.02. The van der Waals surface area contributed by atoms with Crippen LogP contribution in [0.5, 0.6) is 0 Å². The number of aryl methyl sites for hydroxylation is 2. The van der Waals surface area contributed by atoms with Crippen LogP contribution in [0, 0.1) is 6.92 Å². The predicted octanol–water partition coefficient (Wildman–Crippen LogP) is 1.47. The van der Waals surface area contributed by atoms with E-state index in [9.17, 15) is 9.59 Å². The molecule has 110 valence electrons. The van der Waals surface area contributed by atoms with Crippen molar-refractivity contribution >= 4 is 11.9 Å². The lowest BCUT2D eigenvalue weighted by atomic mass is 10.2. The number of rotatable bonds is 5. The summed E-state index contributed by atoms with van der Waals surface area (Å²) in [7, 11) is 0. The second-order valence-electron chi connectivity index (χ2n) is 4.99. The number of aromatic nitrogens is 1. The molecule has 0 aliphatic rings. The Kier molecular flexibility index (Phi) is 6.15. The molecule has 1 aromatic heterocycles. The SMILES string of the molecule is CCc1ccc(C)[n+](CC(=O)NC(=O)N[C@@H](C)CC)c1. The molecule has 0 spiro atoms. The highest BCUT2D eigenvalue weighted by molar-refractivity contribution is 5.93. The number of carbonyl (C=O) groups excluding carboxylic acids is 2. The number of hydrogen-bond acceptors (Lipinski definition) is 2. The Morgan fingerprint density at radius 2 is 2.00 bits per heavy atom. The normalized spacial score (nSPS) is 11.8. The van der Waals surface area contributed by atoms with Crippen LogP contribution in [0.2, 0.25) is 0 Å². The van der Waals surface area contributed by atoms with Crippen molar-refractivity contribution in [3.05, 3.63) is 29.6 Å². The Bertz CT molecular complexity index is 486. The van der Waals surface area contributed by atoms with Gasteiger partial charge in [0.2, 0.25) is 6.54 Å². The largest absolute Gasteiger partial charge is 0.335 e. The van der Waals surface area contributed by atoms with E-state index < -0.39 is 6.03 Å². The molecule has 2 N–H and O–H groups in total. The first kappa shape index (κ1) is 16.1. The van der Waals surface area contributed by atoms with Gasteiger partial charge in [-0.25, -0.2) is 4.79 Å². The van der Waals surface area contributed by atoms with E-state index in [0.29, 0.717) is 0 Å². The number of nitrogens with zero attached hydrogens (tertiary/aromatic N) is 1. The molecule has 1 heterocycles. The van der Waals surface area contributed by atoms with Crippen LogP contribution >= 0.6 is 0 Å². The lowest BCUT2D eigenvalue weighted by Crippen LogP contribution is -2.50. The summed E-state index contributed by atoms with van der Waals surface area (Å²) in [6.07, 6.45) is 3.69. The highest BCUT2D eigenvalue weighted by Crippen LogP contribution is 1.98. The minimum atomic E-state index is -0.436. The van der Waals surface area contributed by atoms with Gasteiger partial charge in [-0.3, -0.25) is 10.1 Å². The second kappa shape index (κ2) is 7.62. The number of amides is 3. The zero-order chi connectivity index (χ0) is 15.1. The fourth-order valence-corrected chi connectivity index (χ4v) is 1.73. The van der Waals surface area contributed by atoms with Gasteiger partial charge < -0.3 is 5.32 Å². The molecule has 20 heavy (non-hydrogen) atoms. The summed E-state index contributed by atoms with van der Waals surface area (Å²) in [5.74, 6) is -0.313. The summed E-state index contributed by atoms with van der Waals surface area (Å²) in [5, 5.41) is 5.05. The summed E-state index contributed by atoms with van der Waals surface area (Å²) in [5.41, 5.74) is 2.15. The molecule has 0 saturated heterocycles. The maximum absolute atomic E-state index is 11.9. The molecule has 0 radical (unpaired) electrons. The van der Waals surface area contributed by atoms with Gasteiger partial charge in [-0.1, -0.05) is 13.8 Å². The van der Waals surface area contributed by atoms with Crippen molar-refractivity contribution in [2.75, 3.05) is 0 Å². The van der Waals surface area contributed by atoms with Gasteiger partial charge in [0.05, 0.1) is 0 Å². The van der Waals surface area contributed by atoms with Crippen molar-refractivity contribution in [1.29, 1.82) is 0 Å². The highest BCUT2D eigenvalue weighted by Gasteiger charge is 2.16. The van der Waals surface area contributed by atoms with Gasteiger partial charge in [0.1, 0.15) is 0 Å². The van der Waals surface area contributed by atoms with E-state index in [4.69, 9.17) is 0 Å². The van der Waals surface area contributed by atoms with Crippen LogP contribution < -0.4 is 15.2 Å². The van der Waals surface area contributed by atoms with Gasteiger partial charge in [0.15, 0.2) is 11.9 Å². The van der Waals surface area contributed by atoms with Gasteiger partial charge in [0.25, 0.3) is 5.91 Å². The van der Waals surface area contributed by atoms with E-state index in [1.165, 1.54) is 0 Å². The minimum absolute atomic E-state index is 0.0561. The summed E-state index contributed by atoms with van der Waals surface area (Å²) in [6, 6.07) is 3.64. The highest BCUT2D eigenvalue weighted by atomic mass is 16.2. The maximum Gasteiger partial charge on any atom is 0.321 e. The third-order valence-corrected chi connectivity index (χ3v) is 3.28. The van der Waals surface area contributed by atoms with Gasteiger partial charge in [-0.2, -0.15) is 4.57 Å². The Morgan fingerprint density at radius 3 is 2.60 bits per heavy atom. The van der Waals surface area contributed by atoms with Gasteiger partial charge in [-0.05, 0) is 25.8 Å². The van der Waals surface area contributed by atoms with Crippen LogP contribution in [0.15, 0.2) is 18.3 Å². The first-order chi connectivity index (χ1) is 9.46. The van der Waals surface area contributed by atoms with Crippen LogP contribution in [-0.4, -0.2) is 18.0 Å². The van der Waals surface area contributed by atoms with Crippen molar-refractivity contribution in [3.63, 3.8) is 0 Å². The molecule has 5 heteroatoms. The van der Waals surface area contributed by atoms with E-state index in [1.807, 2.05) is 43.7 Å². The zero-order valence-electron chi connectivity index (χ0n) is 12.7. The summed E-state index contributed by atoms with van der Waals surface area (Å²) < 4.78 is 1.85. The van der Waals surface area contributed by atoms with E-state index >= 15 is 0 Å². The number of carbonyl (C=O) groups is 2. The van der Waals surface area contributed by atoms with Crippen LogP contribution in [0.1, 0.15) is 38.4 Å². The molecule has 5 nitrogen and oxygen atoms in total. The minimum Gasteiger partial charge on any atom is -0.335 e. The van der Waals surface area contributed by atoms with Gasteiger partial charge >= 0.3 is 6.03 Å². The van der Waals surface area contributed by atoms with E-state index in [-0.39, 0.29) is 18.5 Å². The smallest absolute Gasteiger partial charge is 0.321 e. The van der Waals surface area contributed by atoms with Crippen LogP contribution in [0.3, 0.4) is 0 Å². The monoisotopic (exact) mass is 278 g/mol. The average molecular weight is 278 g/mol. The van der Waals surface area contributed by atoms with E-state index in [0.717, 1.165) is 24.1 Å². The molecule has 0 fully saturated rings. The number of imide groups is 1. The zero-order valence-corrected chi connectivity index (χ0v) is 12.7. The molecular weight excluding hydrogens is 254 g/mol. The third-order valence-electron chi connectivity index (χ3n) is 3.28. The Labute approximate surface area is 120 Å². The lowest BCUT2D eigenvalue weighted by Gasteiger charge is -2.11. The summed E-state index contributed by atoms with van der Waals surface area (Å²) >= 11 is 0. The summed E-state index contributed by atoms with van der Waals surface area (Å²) in [4.78, 5) is 23.4. The number of hydrogen-bond donors (Lipinski definition) is 2. The van der Waals surface area contributed by atoms with Crippen molar-refractivity contribution in [3.8, 4) is 0 Å². The van der Waals surface area contributed by atoms with Crippen LogP contribution in [-0.2, 0) is 17.8 Å². The van der Waals surface area contributed by atoms with Gasteiger partial charge in [-0.15, -0.1) is 0 Å². The van der Waals surface area contributed by atoms with E-state index in [2.05, 4.69) is 17.6 Å². The molecule has 0 aliphatic heterocycles. The molecule has 1 aromatic rings. The van der Waals surface area contributed by atoms with Crippen LogP contribution in [0.4, 0.5) is 4.79 Å². The molecule has 0 saturated carbocycles. The van der Waals surface area contributed by atoms with Crippen molar-refractivity contribution in [2.24, 2.45) is 0 Å². The van der Waals surface area contributed by atoms with Crippen molar-refractivity contribution in [1.82, 2.24) is 10.6 Å². The number of nitrogens with one attached hydrogen (secondary N) is 2. The first-order valence-electron chi connectivity index (χ1n) is 7.05. The first-order valence-corrected chi connectivity index (χ1v) is 7.05. The standard InChI is InChI=1S/C15H23N3O2/c1-5-11(3)16-15(20)17-14(19)10-18-9-13(6-2)8-7-12(18)4/h7-9,11H,5-6,10H2,1-4H3,(H-,16,17,19,20)/p+1/t11-/m0/s1.